The summed E-state index contributed by atoms with van der Waals surface area (Å²) in [4.78, 5) is 0. The maximum atomic E-state index is 12.8. The van der Waals surface area contributed by atoms with E-state index in [4.69, 9.17) is 8.37 Å². The highest BCUT2D eigenvalue weighted by Gasteiger charge is 2.32. The SMILES string of the molecule is CS(=O)(=O)O[C@H](CC[C@@H](OS(C)(=O)=O)c1ccc(C(F)(F)F)cc1)c1ccc(C(F)(F)F)cc1. The summed E-state index contributed by atoms with van der Waals surface area (Å²) in [6.07, 6.45) is -10.9. The van der Waals surface area contributed by atoms with Crippen molar-refractivity contribution in [2.24, 2.45) is 0 Å². The molecule has 0 N–H and O–H groups in total. The molecule has 0 aromatic heterocycles. The number of hydrogen-bond donors (Lipinski definition) is 0. The summed E-state index contributed by atoms with van der Waals surface area (Å²) in [5.74, 6) is 0. The topological polar surface area (TPSA) is 86.7 Å². The molecule has 2 aromatic rings. The van der Waals surface area contributed by atoms with Crippen molar-refractivity contribution in [3.8, 4) is 0 Å². The van der Waals surface area contributed by atoms with Crippen LogP contribution in [0, 0.1) is 0 Å². The van der Waals surface area contributed by atoms with Gasteiger partial charge in [-0.05, 0) is 48.2 Å². The van der Waals surface area contributed by atoms with Crippen LogP contribution in [-0.2, 0) is 41.0 Å². The lowest BCUT2D eigenvalue weighted by atomic mass is 9.98. The molecule has 34 heavy (non-hydrogen) atoms. The number of alkyl halides is 6. The van der Waals surface area contributed by atoms with Gasteiger partial charge < -0.3 is 0 Å². The molecule has 0 fully saturated rings. The summed E-state index contributed by atoms with van der Waals surface area (Å²) < 4.78 is 134. The predicted molar refractivity (Wildman–Crippen MR) is 109 cm³/mol. The number of rotatable bonds is 9. The van der Waals surface area contributed by atoms with E-state index in [1.165, 1.54) is 0 Å². The van der Waals surface area contributed by atoms with Crippen molar-refractivity contribution in [2.75, 3.05) is 12.5 Å². The molecule has 0 saturated heterocycles. The lowest BCUT2D eigenvalue weighted by Crippen LogP contribution is -2.15. The minimum absolute atomic E-state index is 0.0592. The molecule has 0 spiro atoms. The molecule has 0 aliphatic carbocycles. The van der Waals surface area contributed by atoms with Crippen LogP contribution in [0.15, 0.2) is 48.5 Å². The van der Waals surface area contributed by atoms with E-state index in [-0.39, 0.29) is 24.0 Å². The van der Waals surface area contributed by atoms with Gasteiger partial charge in [-0.2, -0.15) is 43.2 Å². The minimum atomic E-state index is -4.62. The van der Waals surface area contributed by atoms with E-state index in [9.17, 15) is 43.2 Å². The molecule has 6 nitrogen and oxygen atoms in total. The first-order chi connectivity index (χ1) is 15.4. The van der Waals surface area contributed by atoms with Crippen LogP contribution >= 0.6 is 0 Å². The van der Waals surface area contributed by atoms with Crippen molar-refractivity contribution in [3.05, 3.63) is 70.8 Å². The molecule has 0 aliphatic heterocycles. The molecule has 0 aliphatic rings. The number of hydrogen-bond acceptors (Lipinski definition) is 6. The summed E-state index contributed by atoms with van der Waals surface area (Å²) in [5.41, 5.74) is -1.83. The Morgan fingerprint density at radius 2 is 0.882 bits per heavy atom. The third kappa shape index (κ3) is 8.89. The summed E-state index contributed by atoms with van der Waals surface area (Å²) in [6.45, 7) is 0. The molecule has 2 aromatic carbocycles. The molecular formula is C20H20F6O6S2. The van der Waals surface area contributed by atoms with Crippen molar-refractivity contribution in [1.29, 1.82) is 0 Å². The Morgan fingerprint density at radius 3 is 1.09 bits per heavy atom. The zero-order valence-corrected chi connectivity index (χ0v) is 19.4. The Balaban J connectivity index is 2.33. The second-order valence-electron chi connectivity index (χ2n) is 7.39. The molecule has 14 heteroatoms. The summed E-state index contributed by atoms with van der Waals surface area (Å²) >= 11 is 0. The average Bonchev–Trinajstić information content (AvgIpc) is 2.67. The maximum absolute atomic E-state index is 12.8. The summed E-state index contributed by atoms with van der Waals surface area (Å²) in [7, 11) is -8.17. The first-order valence-electron chi connectivity index (χ1n) is 9.46. The van der Waals surface area contributed by atoms with Crippen LogP contribution in [0.4, 0.5) is 26.3 Å². The van der Waals surface area contributed by atoms with E-state index in [0.29, 0.717) is 0 Å². The first-order valence-corrected chi connectivity index (χ1v) is 13.1. The van der Waals surface area contributed by atoms with Gasteiger partial charge in [0.1, 0.15) is 12.2 Å². The van der Waals surface area contributed by atoms with E-state index in [2.05, 4.69) is 0 Å². The van der Waals surface area contributed by atoms with Crippen molar-refractivity contribution in [3.63, 3.8) is 0 Å². The first kappa shape index (κ1) is 28.1. The number of halogens is 6. The predicted octanol–water partition coefficient (Wildman–Crippen LogP) is 5.24. The van der Waals surface area contributed by atoms with Gasteiger partial charge in [-0.1, -0.05) is 24.3 Å². The highest BCUT2D eigenvalue weighted by molar-refractivity contribution is 7.86. The van der Waals surface area contributed by atoms with Gasteiger partial charge in [0, 0.05) is 0 Å². The average molecular weight is 534 g/mol. The fourth-order valence-corrected chi connectivity index (χ4v) is 4.30. The second-order valence-corrected chi connectivity index (χ2v) is 10.6. The highest BCUT2D eigenvalue weighted by Crippen LogP contribution is 2.35. The third-order valence-electron chi connectivity index (χ3n) is 4.49. The van der Waals surface area contributed by atoms with Gasteiger partial charge in [0.05, 0.1) is 23.6 Å². The Labute approximate surface area is 192 Å². The van der Waals surface area contributed by atoms with Crippen molar-refractivity contribution in [1.82, 2.24) is 0 Å². The molecule has 2 rings (SSSR count). The second kappa shape index (κ2) is 10.2. The maximum Gasteiger partial charge on any atom is 0.416 e. The molecule has 0 bridgehead atoms. The van der Waals surface area contributed by atoms with E-state index in [1.54, 1.807) is 0 Å². The Kier molecular flexibility index (Phi) is 8.44. The van der Waals surface area contributed by atoms with Gasteiger partial charge in [-0.25, -0.2) is 0 Å². The van der Waals surface area contributed by atoms with Gasteiger partial charge in [0.2, 0.25) is 0 Å². The Morgan fingerprint density at radius 1 is 0.618 bits per heavy atom. The van der Waals surface area contributed by atoms with Crippen LogP contribution in [0.25, 0.3) is 0 Å². The summed E-state index contributed by atoms with van der Waals surface area (Å²) in [6, 6.07) is 6.99. The molecule has 0 heterocycles. The molecule has 0 saturated carbocycles. The van der Waals surface area contributed by atoms with Crippen LogP contribution in [0.1, 0.15) is 47.3 Å². The van der Waals surface area contributed by atoms with Gasteiger partial charge in [-0.15, -0.1) is 0 Å². The lowest BCUT2D eigenvalue weighted by Gasteiger charge is -2.22. The molecule has 0 radical (unpaired) electrons. The van der Waals surface area contributed by atoms with Crippen LogP contribution in [0.2, 0.25) is 0 Å². The zero-order valence-electron chi connectivity index (χ0n) is 17.7. The highest BCUT2D eigenvalue weighted by atomic mass is 32.2. The Bertz CT molecular complexity index is 1080. The van der Waals surface area contributed by atoms with Gasteiger partial charge in [0.25, 0.3) is 20.2 Å². The quantitative estimate of drug-likeness (QED) is 0.323. The summed E-state index contributed by atoms with van der Waals surface area (Å²) in [5, 5.41) is 0. The van der Waals surface area contributed by atoms with Crippen molar-refractivity contribution < 1.29 is 51.5 Å². The van der Waals surface area contributed by atoms with Crippen LogP contribution in [-0.4, -0.2) is 29.3 Å². The van der Waals surface area contributed by atoms with Crippen LogP contribution < -0.4 is 0 Å². The molecular weight excluding hydrogens is 514 g/mol. The standard InChI is InChI=1S/C20H20F6O6S2/c1-33(27,28)31-17(13-3-7-15(8-4-13)19(21,22)23)11-12-18(32-34(2,29)30)14-5-9-16(10-6-14)20(24,25)26/h3-10,17-18H,11-12H2,1-2H3/t17-,18-/m1/s1. The molecule has 0 amide bonds. The lowest BCUT2D eigenvalue weighted by molar-refractivity contribution is -0.138. The normalized spacial score (nSPS) is 15.2. The zero-order chi connectivity index (χ0) is 25.9. The minimum Gasteiger partial charge on any atom is -0.262 e. The van der Waals surface area contributed by atoms with Crippen LogP contribution in [0.3, 0.4) is 0 Å². The smallest absolute Gasteiger partial charge is 0.262 e. The van der Waals surface area contributed by atoms with E-state index >= 15 is 0 Å². The van der Waals surface area contributed by atoms with E-state index < -0.39 is 55.9 Å². The largest absolute Gasteiger partial charge is 0.416 e. The van der Waals surface area contributed by atoms with E-state index in [0.717, 1.165) is 61.0 Å². The molecule has 190 valence electrons. The Hall–Kier alpha value is -2.16. The fraction of sp³-hybridized carbons (Fsp3) is 0.400. The molecule has 2 atom stereocenters. The number of benzene rings is 2. The third-order valence-corrected chi connectivity index (χ3v) is 5.66. The monoisotopic (exact) mass is 534 g/mol. The van der Waals surface area contributed by atoms with Crippen molar-refractivity contribution in [2.45, 2.75) is 37.4 Å². The fourth-order valence-electron chi connectivity index (χ4n) is 3.04. The van der Waals surface area contributed by atoms with Gasteiger partial charge in [-0.3, -0.25) is 8.37 Å². The van der Waals surface area contributed by atoms with Crippen molar-refractivity contribution >= 4 is 20.2 Å². The van der Waals surface area contributed by atoms with Gasteiger partial charge in [0.15, 0.2) is 0 Å². The van der Waals surface area contributed by atoms with Gasteiger partial charge >= 0.3 is 12.4 Å². The van der Waals surface area contributed by atoms with E-state index in [1.807, 2.05) is 0 Å². The molecule has 0 unspecified atom stereocenters. The van der Waals surface area contributed by atoms with Crippen LogP contribution in [0.5, 0.6) is 0 Å².